The standard InChI is InChI=1S/C10H18O3.C2H6/c1-2-12-10(11)13-8-9-6-4-3-5-7-9;1-2/h9H,2-8H2,1H3;1-2H3. The molecule has 0 amide bonds. The van der Waals surface area contributed by atoms with Gasteiger partial charge in [-0.15, -0.1) is 0 Å². The molecule has 1 aliphatic carbocycles. The lowest BCUT2D eigenvalue weighted by atomic mass is 9.90. The Hall–Kier alpha value is -0.730. The van der Waals surface area contributed by atoms with Crippen molar-refractivity contribution in [2.75, 3.05) is 13.2 Å². The molecular formula is C12H24O3. The number of carbonyl (C=O) groups is 1. The van der Waals surface area contributed by atoms with E-state index >= 15 is 0 Å². The highest BCUT2D eigenvalue weighted by Crippen LogP contribution is 2.23. The van der Waals surface area contributed by atoms with Crippen molar-refractivity contribution < 1.29 is 14.3 Å². The first kappa shape index (κ1) is 14.3. The van der Waals surface area contributed by atoms with Gasteiger partial charge in [-0.2, -0.15) is 0 Å². The number of hydrogen-bond donors (Lipinski definition) is 0. The molecule has 3 heteroatoms. The summed E-state index contributed by atoms with van der Waals surface area (Å²) in [6.45, 7) is 6.71. The van der Waals surface area contributed by atoms with Crippen LogP contribution < -0.4 is 0 Å². The molecule has 0 aliphatic heterocycles. The Labute approximate surface area is 93.1 Å². The lowest BCUT2D eigenvalue weighted by Gasteiger charge is -2.20. The van der Waals surface area contributed by atoms with E-state index in [0.717, 1.165) is 0 Å². The first-order chi connectivity index (χ1) is 7.33. The van der Waals surface area contributed by atoms with Crippen molar-refractivity contribution in [2.45, 2.75) is 52.9 Å². The maximum Gasteiger partial charge on any atom is 0.508 e. The molecule has 1 fully saturated rings. The zero-order valence-electron chi connectivity index (χ0n) is 10.3. The quantitative estimate of drug-likeness (QED) is 0.674. The van der Waals surface area contributed by atoms with Crippen molar-refractivity contribution in [3.05, 3.63) is 0 Å². The lowest BCUT2D eigenvalue weighted by molar-refractivity contribution is 0.0430. The van der Waals surface area contributed by atoms with Crippen LogP contribution in [-0.2, 0) is 9.47 Å². The second kappa shape index (κ2) is 9.81. The maximum atomic E-state index is 10.8. The van der Waals surface area contributed by atoms with Gasteiger partial charge in [-0.1, -0.05) is 33.1 Å². The molecule has 0 radical (unpaired) electrons. The summed E-state index contributed by atoms with van der Waals surface area (Å²) in [5.74, 6) is 0.568. The second-order valence-electron chi connectivity index (χ2n) is 3.50. The zero-order chi connectivity index (χ0) is 11.5. The molecule has 0 saturated heterocycles. The summed E-state index contributed by atoms with van der Waals surface area (Å²) in [5, 5.41) is 0. The molecule has 0 aromatic carbocycles. The molecule has 3 nitrogen and oxygen atoms in total. The van der Waals surface area contributed by atoms with Gasteiger partial charge in [0.1, 0.15) is 0 Å². The molecule has 0 aromatic rings. The van der Waals surface area contributed by atoms with Gasteiger partial charge < -0.3 is 9.47 Å². The van der Waals surface area contributed by atoms with E-state index < -0.39 is 6.16 Å². The second-order valence-corrected chi connectivity index (χ2v) is 3.50. The Balaban J connectivity index is 0.000000921. The Kier molecular flexibility index (Phi) is 9.33. The van der Waals surface area contributed by atoms with Gasteiger partial charge in [0.15, 0.2) is 0 Å². The molecule has 0 N–H and O–H groups in total. The van der Waals surface area contributed by atoms with Gasteiger partial charge in [0.05, 0.1) is 13.2 Å². The minimum atomic E-state index is -0.520. The third kappa shape index (κ3) is 7.23. The number of ether oxygens (including phenoxy) is 2. The van der Waals surface area contributed by atoms with Crippen LogP contribution in [-0.4, -0.2) is 19.4 Å². The Morgan fingerprint density at radius 2 is 1.73 bits per heavy atom. The zero-order valence-corrected chi connectivity index (χ0v) is 10.3. The molecule has 1 aliphatic rings. The van der Waals surface area contributed by atoms with Crippen LogP contribution in [0, 0.1) is 5.92 Å². The molecule has 0 bridgehead atoms. The molecule has 15 heavy (non-hydrogen) atoms. The highest BCUT2D eigenvalue weighted by atomic mass is 16.7. The summed E-state index contributed by atoms with van der Waals surface area (Å²) in [6.07, 6.45) is 5.75. The minimum Gasteiger partial charge on any atom is -0.435 e. The van der Waals surface area contributed by atoms with Crippen LogP contribution in [0.4, 0.5) is 4.79 Å². The summed E-state index contributed by atoms with van der Waals surface area (Å²) in [5.41, 5.74) is 0. The van der Waals surface area contributed by atoms with E-state index in [1.54, 1.807) is 6.92 Å². The fraction of sp³-hybridized carbons (Fsp3) is 0.917. The Morgan fingerprint density at radius 1 is 1.13 bits per heavy atom. The van der Waals surface area contributed by atoms with E-state index in [9.17, 15) is 4.79 Å². The maximum absolute atomic E-state index is 10.8. The summed E-state index contributed by atoms with van der Waals surface area (Å²) < 4.78 is 9.63. The predicted molar refractivity (Wildman–Crippen MR) is 60.9 cm³/mol. The Morgan fingerprint density at radius 3 is 2.27 bits per heavy atom. The largest absolute Gasteiger partial charge is 0.508 e. The van der Waals surface area contributed by atoms with Crippen molar-refractivity contribution in [1.82, 2.24) is 0 Å². The smallest absolute Gasteiger partial charge is 0.435 e. The number of carbonyl (C=O) groups excluding carboxylic acids is 1. The molecule has 0 aromatic heterocycles. The van der Waals surface area contributed by atoms with Crippen molar-refractivity contribution in [2.24, 2.45) is 5.92 Å². The van der Waals surface area contributed by atoms with Crippen LogP contribution in [0.1, 0.15) is 52.9 Å². The highest BCUT2D eigenvalue weighted by molar-refractivity contribution is 5.59. The summed E-state index contributed by atoms with van der Waals surface area (Å²) in [4.78, 5) is 10.8. The van der Waals surface area contributed by atoms with Gasteiger partial charge in [-0.05, 0) is 25.7 Å². The van der Waals surface area contributed by atoms with Gasteiger partial charge in [0.25, 0.3) is 0 Å². The van der Waals surface area contributed by atoms with E-state index in [-0.39, 0.29) is 0 Å². The van der Waals surface area contributed by atoms with Gasteiger partial charge in [-0.25, -0.2) is 4.79 Å². The topological polar surface area (TPSA) is 35.5 Å². The van der Waals surface area contributed by atoms with Crippen molar-refractivity contribution >= 4 is 6.16 Å². The van der Waals surface area contributed by atoms with Crippen molar-refractivity contribution in [3.63, 3.8) is 0 Å². The predicted octanol–water partition coefficient (Wildman–Crippen LogP) is 3.77. The van der Waals surface area contributed by atoms with Crippen molar-refractivity contribution in [3.8, 4) is 0 Å². The SMILES string of the molecule is CC.CCOC(=O)OCC1CCCCC1. The molecule has 90 valence electrons. The summed E-state index contributed by atoms with van der Waals surface area (Å²) >= 11 is 0. The molecule has 0 atom stereocenters. The third-order valence-corrected chi connectivity index (χ3v) is 2.42. The van der Waals surface area contributed by atoms with Gasteiger partial charge in [0, 0.05) is 0 Å². The van der Waals surface area contributed by atoms with E-state index in [4.69, 9.17) is 4.74 Å². The lowest BCUT2D eigenvalue weighted by Crippen LogP contribution is -2.17. The number of rotatable bonds is 3. The van der Waals surface area contributed by atoms with Crippen LogP contribution in [0.25, 0.3) is 0 Å². The van der Waals surface area contributed by atoms with Crippen molar-refractivity contribution in [1.29, 1.82) is 0 Å². The van der Waals surface area contributed by atoms with E-state index in [1.807, 2.05) is 13.8 Å². The van der Waals surface area contributed by atoms with E-state index in [0.29, 0.717) is 19.1 Å². The average Bonchev–Trinajstić information content (AvgIpc) is 2.31. The molecule has 0 heterocycles. The first-order valence-corrected chi connectivity index (χ1v) is 6.12. The molecule has 0 spiro atoms. The minimum absolute atomic E-state index is 0.392. The highest BCUT2D eigenvalue weighted by Gasteiger charge is 2.15. The van der Waals surface area contributed by atoms with Gasteiger partial charge in [0.2, 0.25) is 0 Å². The fourth-order valence-corrected chi connectivity index (χ4v) is 1.70. The van der Waals surface area contributed by atoms with Crippen LogP contribution in [0.5, 0.6) is 0 Å². The molecular weight excluding hydrogens is 192 g/mol. The molecule has 1 rings (SSSR count). The first-order valence-electron chi connectivity index (χ1n) is 6.12. The summed E-state index contributed by atoms with van der Waals surface area (Å²) in [6, 6.07) is 0. The Bertz CT molecular complexity index is 151. The van der Waals surface area contributed by atoms with Gasteiger partial charge >= 0.3 is 6.16 Å². The molecule has 0 unspecified atom stereocenters. The van der Waals surface area contributed by atoms with Gasteiger partial charge in [-0.3, -0.25) is 0 Å². The van der Waals surface area contributed by atoms with Crippen LogP contribution in [0.3, 0.4) is 0 Å². The van der Waals surface area contributed by atoms with Crippen LogP contribution >= 0.6 is 0 Å². The monoisotopic (exact) mass is 216 g/mol. The summed E-state index contributed by atoms with van der Waals surface area (Å²) in [7, 11) is 0. The van der Waals surface area contributed by atoms with E-state index in [1.165, 1.54) is 32.1 Å². The fourth-order valence-electron chi connectivity index (χ4n) is 1.70. The van der Waals surface area contributed by atoms with E-state index in [2.05, 4.69) is 4.74 Å². The van der Waals surface area contributed by atoms with Crippen LogP contribution in [0.2, 0.25) is 0 Å². The average molecular weight is 216 g/mol. The third-order valence-electron chi connectivity index (χ3n) is 2.42. The van der Waals surface area contributed by atoms with Crippen LogP contribution in [0.15, 0.2) is 0 Å². The molecule has 1 saturated carbocycles. The normalized spacial score (nSPS) is 16.2. The number of hydrogen-bond acceptors (Lipinski definition) is 3.